The van der Waals surface area contributed by atoms with E-state index < -0.39 is 0 Å². The second-order valence-corrected chi connectivity index (χ2v) is 7.30. The first kappa shape index (κ1) is 25.2. The van der Waals surface area contributed by atoms with Gasteiger partial charge in [0.15, 0.2) is 5.96 Å². The molecule has 32 heavy (non-hydrogen) atoms. The number of rotatable bonds is 7. The highest BCUT2D eigenvalue weighted by Gasteiger charge is 2.16. The molecule has 2 heterocycles. The number of nitrogen functional groups attached to an aromatic ring is 1. The van der Waals surface area contributed by atoms with E-state index in [0.29, 0.717) is 36.6 Å². The summed E-state index contributed by atoms with van der Waals surface area (Å²) in [5, 5.41) is 25.2. The number of hydrogen-bond donors (Lipinski definition) is 3. The molecule has 3 aromatic rings. The molecule has 0 amide bonds. The van der Waals surface area contributed by atoms with Crippen molar-refractivity contribution < 1.29 is 0 Å². The fourth-order valence-electron chi connectivity index (χ4n) is 3.47. The van der Waals surface area contributed by atoms with Crippen molar-refractivity contribution in [3.05, 3.63) is 58.5 Å². The van der Waals surface area contributed by atoms with Crippen LogP contribution in [0.25, 0.3) is 5.69 Å². The largest absolute Gasteiger partial charge is 0.382 e. The summed E-state index contributed by atoms with van der Waals surface area (Å²) < 4.78 is 3.51. The first-order valence-electron chi connectivity index (χ1n) is 10.2. The summed E-state index contributed by atoms with van der Waals surface area (Å²) in [5.74, 6) is 1.09. The normalized spacial score (nSPS) is 11.0. The molecule has 0 unspecified atom stereocenters. The SMILES string of the molecule is CN=C(NCCCc1nn(-c2ccccc2)c(N)c1C#N)NCc1c(C)nn(C)c1C.I. The lowest BCUT2D eigenvalue weighted by atomic mass is 10.1. The summed E-state index contributed by atoms with van der Waals surface area (Å²) in [6.07, 6.45) is 1.42. The molecule has 10 heteroatoms. The first-order valence-corrected chi connectivity index (χ1v) is 10.2. The van der Waals surface area contributed by atoms with Crippen LogP contribution in [0, 0.1) is 25.2 Å². The van der Waals surface area contributed by atoms with Crippen LogP contribution < -0.4 is 16.4 Å². The molecule has 0 aliphatic rings. The standard InChI is InChI=1S/C22H29N9.HI/c1-15-19(16(2)30(4)28-15)14-27-22(25-3)26-12-8-11-20-18(13-23)21(24)31(29-20)17-9-6-5-7-10-17;/h5-7,9-10H,8,11-12,14,24H2,1-4H3,(H2,25,26,27);1H. The third kappa shape index (κ3) is 5.59. The van der Waals surface area contributed by atoms with E-state index in [1.807, 2.05) is 49.0 Å². The molecule has 0 atom stereocenters. The fraction of sp³-hybridized carbons (Fsp3) is 0.364. The minimum Gasteiger partial charge on any atom is -0.382 e. The van der Waals surface area contributed by atoms with Gasteiger partial charge in [-0.3, -0.25) is 9.67 Å². The van der Waals surface area contributed by atoms with Crippen LogP contribution in [0.2, 0.25) is 0 Å². The highest BCUT2D eigenvalue weighted by molar-refractivity contribution is 14.0. The maximum Gasteiger partial charge on any atom is 0.191 e. The Morgan fingerprint density at radius 3 is 2.50 bits per heavy atom. The van der Waals surface area contributed by atoms with E-state index >= 15 is 0 Å². The van der Waals surface area contributed by atoms with Gasteiger partial charge in [0.1, 0.15) is 17.5 Å². The number of para-hydroxylation sites is 1. The van der Waals surface area contributed by atoms with Gasteiger partial charge in [0.25, 0.3) is 0 Å². The van der Waals surface area contributed by atoms with Crippen molar-refractivity contribution in [1.29, 1.82) is 5.26 Å². The second-order valence-electron chi connectivity index (χ2n) is 7.30. The van der Waals surface area contributed by atoms with Crippen LogP contribution in [0.1, 0.15) is 34.6 Å². The first-order chi connectivity index (χ1) is 15.0. The number of aliphatic imine (C=N–C) groups is 1. The van der Waals surface area contributed by atoms with Crippen LogP contribution in [0.3, 0.4) is 0 Å². The predicted molar refractivity (Wildman–Crippen MR) is 137 cm³/mol. The van der Waals surface area contributed by atoms with Crippen molar-refractivity contribution in [3.63, 3.8) is 0 Å². The molecule has 0 aliphatic heterocycles. The van der Waals surface area contributed by atoms with E-state index in [4.69, 9.17) is 5.73 Å². The van der Waals surface area contributed by atoms with E-state index in [0.717, 1.165) is 29.5 Å². The smallest absolute Gasteiger partial charge is 0.191 e. The number of nitrogens with two attached hydrogens (primary N) is 1. The molecule has 1 aromatic carbocycles. The Kier molecular flexibility index (Phi) is 9.07. The molecule has 170 valence electrons. The lowest BCUT2D eigenvalue weighted by Crippen LogP contribution is -2.37. The van der Waals surface area contributed by atoms with Gasteiger partial charge in [0.2, 0.25) is 0 Å². The van der Waals surface area contributed by atoms with Gasteiger partial charge in [-0.25, -0.2) is 4.68 Å². The predicted octanol–water partition coefficient (Wildman–Crippen LogP) is 2.59. The number of guanidine groups is 1. The van der Waals surface area contributed by atoms with E-state index in [2.05, 4.69) is 38.8 Å². The Labute approximate surface area is 205 Å². The zero-order valence-electron chi connectivity index (χ0n) is 18.9. The molecule has 2 aromatic heterocycles. The van der Waals surface area contributed by atoms with Crippen LogP contribution in [0.5, 0.6) is 0 Å². The highest BCUT2D eigenvalue weighted by atomic mass is 127. The zero-order valence-corrected chi connectivity index (χ0v) is 21.2. The fourth-order valence-corrected chi connectivity index (χ4v) is 3.47. The monoisotopic (exact) mass is 547 g/mol. The topological polar surface area (TPSA) is 122 Å². The van der Waals surface area contributed by atoms with Gasteiger partial charge >= 0.3 is 0 Å². The molecule has 0 aliphatic carbocycles. The summed E-state index contributed by atoms with van der Waals surface area (Å²) in [6, 6.07) is 11.8. The van der Waals surface area contributed by atoms with Crippen molar-refractivity contribution in [2.75, 3.05) is 19.3 Å². The molecule has 9 nitrogen and oxygen atoms in total. The number of nitriles is 1. The number of anilines is 1. The van der Waals surface area contributed by atoms with Crippen molar-refractivity contribution in [2.45, 2.75) is 33.2 Å². The van der Waals surface area contributed by atoms with Gasteiger partial charge in [0.05, 0.1) is 17.1 Å². The number of hydrogen-bond acceptors (Lipinski definition) is 5. The molecule has 0 radical (unpaired) electrons. The van der Waals surface area contributed by atoms with E-state index in [-0.39, 0.29) is 24.0 Å². The number of nitrogens with zero attached hydrogens (tertiary/aromatic N) is 6. The molecule has 0 spiro atoms. The van der Waals surface area contributed by atoms with Crippen molar-refractivity contribution in [1.82, 2.24) is 30.2 Å². The van der Waals surface area contributed by atoms with Crippen molar-refractivity contribution in [3.8, 4) is 11.8 Å². The van der Waals surface area contributed by atoms with Crippen LogP contribution in [-0.4, -0.2) is 39.1 Å². The zero-order chi connectivity index (χ0) is 22.4. The van der Waals surface area contributed by atoms with Crippen molar-refractivity contribution >= 4 is 35.8 Å². The number of nitrogens with one attached hydrogen (secondary N) is 2. The van der Waals surface area contributed by atoms with Crippen LogP contribution >= 0.6 is 24.0 Å². The number of benzene rings is 1. The van der Waals surface area contributed by atoms with Crippen LogP contribution in [0.4, 0.5) is 5.82 Å². The lowest BCUT2D eigenvalue weighted by molar-refractivity contribution is 0.718. The van der Waals surface area contributed by atoms with Gasteiger partial charge in [-0.05, 0) is 38.8 Å². The third-order valence-electron chi connectivity index (χ3n) is 5.30. The van der Waals surface area contributed by atoms with E-state index in [1.165, 1.54) is 5.56 Å². The number of aromatic nitrogens is 4. The van der Waals surface area contributed by atoms with Crippen molar-refractivity contribution in [2.24, 2.45) is 12.0 Å². The Hall–Kier alpha value is -3.07. The molecule has 4 N–H and O–H groups in total. The molecular formula is C22H30IN9. The maximum atomic E-state index is 9.53. The third-order valence-corrected chi connectivity index (χ3v) is 5.30. The average Bonchev–Trinajstić information content (AvgIpc) is 3.22. The Bertz CT molecular complexity index is 1110. The highest BCUT2D eigenvalue weighted by Crippen LogP contribution is 2.21. The molecule has 0 saturated carbocycles. The van der Waals surface area contributed by atoms with Crippen LogP contribution in [-0.2, 0) is 20.0 Å². The van der Waals surface area contributed by atoms with Crippen LogP contribution in [0.15, 0.2) is 35.3 Å². The van der Waals surface area contributed by atoms with E-state index in [1.54, 1.807) is 11.7 Å². The average molecular weight is 547 g/mol. The Balaban J connectivity index is 0.00000363. The summed E-state index contributed by atoms with van der Waals surface area (Å²) in [4.78, 5) is 4.28. The van der Waals surface area contributed by atoms with E-state index in [9.17, 15) is 5.26 Å². The van der Waals surface area contributed by atoms with Gasteiger partial charge in [0, 0.05) is 38.4 Å². The number of aryl methyl sites for hydroxylation is 3. The van der Waals surface area contributed by atoms with Gasteiger partial charge < -0.3 is 16.4 Å². The van der Waals surface area contributed by atoms with Gasteiger partial charge in [-0.15, -0.1) is 24.0 Å². The van der Waals surface area contributed by atoms with Gasteiger partial charge in [-0.2, -0.15) is 15.5 Å². The second kappa shape index (κ2) is 11.5. The maximum absolute atomic E-state index is 9.53. The Morgan fingerprint density at radius 2 is 1.91 bits per heavy atom. The minimum atomic E-state index is 0. The molecule has 0 bridgehead atoms. The lowest BCUT2D eigenvalue weighted by Gasteiger charge is -2.12. The summed E-state index contributed by atoms with van der Waals surface area (Å²) in [5.41, 5.74) is 11.5. The summed E-state index contributed by atoms with van der Waals surface area (Å²) in [7, 11) is 3.69. The Morgan fingerprint density at radius 1 is 1.19 bits per heavy atom. The summed E-state index contributed by atoms with van der Waals surface area (Å²) in [6.45, 7) is 5.41. The summed E-state index contributed by atoms with van der Waals surface area (Å²) >= 11 is 0. The minimum absolute atomic E-state index is 0. The quantitative estimate of drug-likeness (QED) is 0.181. The molecule has 0 fully saturated rings. The molecule has 0 saturated heterocycles. The van der Waals surface area contributed by atoms with Gasteiger partial charge in [-0.1, -0.05) is 18.2 Å². The molecular weight excluding hydrogens is 517 g/mol. The molecule has 3 rings (SSSR count). The number of halogens is 1.